The molecule has 0 spiro atoms. The van der Waals surface area contributed by atoms with Crippen molar-refractivity contribution in [3.05, 3.63) is 64.5 Å². The number of hydrogen-bond acceptors (Lipinski definition) is 5. The van der Waals surface area contributed by atoms with Crippen LogP contribution < -0.4 is 11.1 Å². The highest BCUT2D eigenvalue weighted by molar-refractivity contribution is 5.89. The number of nitrogens with one attached hydrogen (secondary N) is 1. The van der Waals surface area contributed by atoms with Crippen LogP contribution in [0, 0.1) is 5.82 Å². The predicted octanol–water partition coefficient (Wildman–Crippen LogP) is 2.07. The average Bonchev–Trinajstić information content (AvgIpc) is 2.65. The number of primary amides is 1. The van der Waals surface area contributed by atoms with Crippen molar-refractivity contribution in [2.45, 2.75) is 19.5 Å². The number of ether oxygens (including phenoxy) is 1. The molecule has 1 aliphatic rings. The SMILES string of the molecule is COC(=O)c1ccc(CNc2ccc3c(c2)CN(CC(N)=O)CC3)cc1F. The van der Waals surface area contributed by atoms with E-state index in [0.29, 0.717) is 18.7 Å². The second-order valence-electron chi connectivity index (χ2n) is 6.57. The van der Waals surface area contributed by atoms with E-state index in [1.807, 2.05) is 17.0 Å². The lowest BCUT2D eigenvalue weighted by Gasteiger charge is -2.28. The zero-order valence-electron chi connectivity index (χ0n) is 15.1. The summed E-state index contributed by atoms with van der Waals surface area (Å²) in [7, 11) is 1.22. The van der Waals surface area contributed by atoms with Gasteiger partial charge in [0.1, 0.15) is 5.82 Å². The Bertz CT molecular complexity index is 870. The second kappa shape index (κ2) is 8.18. The predicted molar refractivity (Wildman–Crippen MR) is 99.7 cm³/mol. The lowest BCUT2D eigenvalue weighted by atomic mass is 9.99. The molecule has 0 saturated heterocycles. The number of amides is 1. The first-order chi connectivity index (χ1) is 13.0. The third-order valence-electron chi connectivity index (χ3n) is 4.61. The summed E-state index contributed by atoms with van der Waals surface area (Å²) >= 11 is 0. The summed E-state index contributed by atoms with van der Waals surface area (Å²) in [5.41, 5.74) is 9.24. The monoisotopic (exact) mass is 371 g/mol. The highest BCUT2D eigenvalue weighted by Gasteiger charge is 2.18. The first-order valence-electron chi connectivity index (χ1n) is 8.69. The van der Waals surface area contributed by atoms with Gasteiger partial charge >= 0.3 is 5.97 Å². The molecule has 27 heavy (non-hydrogen) atoms. The van der Waals surface area contributed by atoms with E-state index in [1.54, 1.807) is 6.07 Å². The fourth-order valence-electron chi connectivity index (χ4n) is 3.23. The summed E-state index contributed by atoms with van der Waals surface area (Å²) in [5.74, 6) is -1.62. The van der Waals surface area contributed by atoms with Crippen LogP contribution in [0.5, 0.6) is 0 Å². The maximum Gasteiger partial charge on any atom is 0.340 e. The Hall–Kier alpha value is -2.93. The molecule has 1 heterocycles. The molecule has 1 amide bonds. The number of carbonyl (C=O) groups excluding carboxylic acids is 2. The fourth-order valence-corrected chi connectivity index (χ4v) is 3.23. The van der Waals surface area contributed by atoms with Crippen LogP contribution >= 0.6 is 0 Å². The van der Waals surface area contributed by atoms with Gasteiger partial charge in [-0.1, -0.05) is 12.1 Å². The van der Waals surface area contributed by atoms with Gasteiger partial charge in [-0.05, 0) is 47.4 Å². The fraction of sp³-hybridized carbons (Fsp3) is 0.300. The zero-order chi connectivity index (χ0) is 19.4. The minimum atomic E-state index is -0.692. The molecule has 0 unspecified atom stereocenters. The molecular formula is C20H22FN3O3. The molecule has 7 heteroatoms. The van der Waals surface area contributed by atoms with E-state index in [1.165, 1.54) is 24.8 Å². The van der Waals surface area contributed by atoms with Crippen molar-refractivity contribution in [1.29, 1.82) is 0 Å². The molecular weight excluding hydrogens is 349 g/mol. The van der Waals surface area contributed by atoms with Gasteiger partial charge in [-0.15, -0.1) is 0 Å². The highest BCUT2D eigenvalue weighted by Crippen LogP contribution is 2.23. The minimum absolute atomic E-state index is 0.0791. The first-order valence-corrected chi connectivity index (χ1v) is 8.69. The molecule has 0 fully saturated rings. The average molecular weight is 371 g/mol. The number of anilines is 1. The van der Waals surface area contributed by atoms with Crippen LogP contribution in [0.15, 0.2) is 36.4 Å². The van der Waals surface area contributed by atoms with Gasteiger partial charge in [0.2, 0.25) is 5.91 Å². The van der Waals surface area contributed by atoms with Gasteiger partial charge < -0.3 is 15.8 Å². The molecule has 0 atom stereocenters. The molecule has 0 aromatic heterocycles. The standard InChI is InChI=1S/C20H22FN3O3/c1-27-20(26)17-5-2-13(8-18(17)21)10-23-16-4-3-14-6-7-24(12-19(22)25)11-15(14)9-16/h2-5,8-9,23H,6-7,10-12H2,1H3,(H2,22,25). The molecule has 2 aromatic carbocycles. The lowest BCUT2D eigenvalue weighted by molar-refractivity contribution is -0.119. The molecule has 0 saturated carbocycles. The maximum absolute atomic E-state index is 14.0. The van der Waals surface area contributed by atoms with Crippen LogP contribution in [0.1, 0.15) is 27.0 Å². The summed E-state index contributed by atoms with van der Waals surface area (Å²) in [6, 6.07) is 10.5. The maximum atomic E-state index is 14.0. The van der Waals surface area contributed by atoms with Crippen molar-refractivity contribution in [2.24, 2.45) is 5.73 Å². The Morgan fingerprint density at radius 2 is 2.04 bits per heavy atom. The van der Waals surface area contributed by atoms with Gasteiger partial charge in [0, 0.05) is 25.3 Å². The molecule has 3 rings (SSSR count). The van der Waals surface area contributed by atoms with Crippen molar-refractivity contribution in [3.63, 3.8) is 0 Å². The zero-order valence-corrected chi connectivity index (χ0v) is 15.1. The van der Waals surface area contributed by atoms with Crippen LogP contribution in [-0.4, -0.2) is 37.0 Å². The number of nitrogens with zero attached hydrogens (tertiary/aromatic N) is 1. The van der Waals surface area contributed by atoms with E-state index >= 15 is 0 Å². The largest absolute Gasteiger partial charge is 0.465 e. The molecule has 0 aliphatic carbocycles. The molecule has 6 nitrogen and oxygen atoms in total. The second-order valence-corrected chi connectivity index (χ2v) is 6.57. The van der Waals surface area contributed by atoms with Crippen LogP contribution in [-0.2, 0) is 29.0 Å². The summed E-state index contributed by atoms with van der Waals surface area (Å²) in [4.78, 5) is 24.6. The van der Waals surface area contributed by atoms with Crippen molar-refractivity contribution < 1.29 is 18.7 Å². The van der Waals surface area contributed by atoms with Crippen molar-refractivity contribution in [3.8, 4) is 0 Å². The highest BCUT2D eigenvalue weighted by atomic mass is 19.1. The molecule has 3 N–H and O–H groups in total. The smallest absolute Gasteiger partial charge is 0.340 e. The van der Waals surface area contributed by atoms with E-state index in [2.05, 4.69) is 16.1 Å². The van der Waals surface area contributed by atoms with E-state index < -0.39 is 11.8 Å². The Balaban J connectivity index is 1.66. The number of fused-ring (bicyclic) bond motifs is 1. The number of rotatable bonds is 6. The number of nitrogens with two attached hydrogens (primary N) is 1. The molecule has 2 aromatic rings. The first kappa shape index (κ1) is 18.8. The Morgan fingerprint density at radius 1 is 1.22 bits per heavy atom. The number of methoxy groups -OCH3 is 1. The number of benzene rings is 2. The van der Waals surface area contributed by atoms with Crippen molar-refractivity contribution >= 4 is 17.6 Å². The molecule has 1 aliphatic heterocycles. The third-order valence-corrected chi connectivity index (χ3v) is 4.61. The van der Waals surface area contributed by atoms with E-state index in [0.717, 1.165) is 24.2 Å². The van der Waals surface area contributed by atoms with Gasteiger partial charge in [0.05, 0.1) is 19.2 Å². The number of hydrogen-bond donors (Lipinski definition) is 2. The van der Waals surface area contributed by atoms with Crippen LogP contribution in [0.25, 0.3) is 0 Å². The third kappa shape index (κ3) is 4.62. The summed E-state index contributed by atoms with van der Waals surface area (Å²) in [5, 5.41) is 3.26. The summed E-state index contributed by atoms with van der Waals surface area (Å²) in [6.45, 7) is 2.16. The van der Waals surface area contributed by atoms with Crippen LogP contribution in [0.4, 0.5) is 10.1 Å². The van der Waals surface area contributed by atoms with E-state index in [9.17, 15) is 14.0 Å². The van der Waals surface area contributed by atoms with E-state index in [-0.39, 0.29) is 18.0 Å². The summed E-state index contributed by atoms with van der Waals surface area (Å²) < 4.78 is 18.6. The van der Waals surface area contributed by atoms with Crippen LogP contribution in [0.2, 0.25) is 0 Å². The Morgan fingerprint density at radius 3 is 2.74 bits per heavy atom. The topological polar surface area (TPSA) is 84.7 Å². The van der Waals surface area contributed by atoms with Crippen molar-refractivity contribution in [2.75, 3.05) is 25.5 Å². The van der Waals surface area contributed by atoms with Gasteiger partial charge in [0.25, 0.3) is 0 Å². The Kier molecular flexibility index (Phi) is 5.71. The molecule has 0 bridgehead atoms. The normalized spacial score (nSPS) is 13.7. The molecule has 0 radical (unpaired) electrons. The number of halogens is 1. The van der Waals surface area contributed by atoms with Crippen molar-refractivity contribution in [1.82, 2.24) is 4.90 Å². The summed E-state index contributed by atoms with van der Waals surface area (Å²) in [6.07, 6.45) is 0.878. The lowest BCUT2D eigenvalue weighted by Crippen LogP contribution is -2.37. The van der Waals surface area contributed by atoms with E-state index in [4.69, 9.17) is 5.73 Å². The van der Waals surface area contributed by atoms with Gasteiger partial charge in [-0.25, -0.2) is 9.18 Å². The van der Waals surface area contributed by atoms with Gasteiger partial charge in [-0.2, -0.15) is 0 Å². The minimum Gasteiger partial charge on any atom is -0.465 e. The Labute approximate surface area is 157 Å². The van der Waals surface area contributed by atoms with Gasteiger partial charge in [0.15, 0.2) is 0 Å². The molecule has 142 valence electrons. The number of carbonyl (C=O) groups is 2. The van der Waals surface area contributed by atoms with Gasteiger partial charge in [-0.3, -0.25) is 9.69 Å². The number of esters is 1. The van der Waals surface area contributed by atoms with Crippen LogP contribution in [0.3, 0.4) is 0 Å². The quantitative estimate of drug-likeness (QED) is 0.760.